The molecule has 2 N–H and O–H groups in total. The summed E-state index contributed by atoms with van der Waals surface area (Å²) in [5, 5.41) is 12.1. The second kappa shape index (κ2) is 8.06. The number of nitrogens with zero attached hydrogens (tertiary/aromatic N) is 3. The predicted octanol–water partition coefficient (Wildman–Crippen LogP) is 1.20. The van der Waals surface area contributed by atoms with Crippen molar-refractivity contribution in [2.75, 3.05) is 57.3 Å². The number of hydrogen-bond acceptors (Lipinski definition) is 4. The third kappa shape index (κ3) is 4.07. The molecule has 2 amide bonds. The summed E-state index contributed by atoms with van der Waals surface area (Å²) < 4.78 is 0. The van der Waals surface area contributed by atoms with Crippen LogP contribution < -0.4 is 10.2 Å². The van der Waals surface area contributed by atoms with Crippen LogP contribution in [0, 0.1) is 13.8 Å². The van der Waals surface area contributed by atoms with E-state index in [2.05, 4.69) is 47.2 Å². The van der Waals surface area contributed by atoms with Gasteiger partial charge in [0.05, 0.1) is 12.6 Å². The normalized spacial score (nSPS) is 21.2. The van der Waals surface area contributed by atoms with E-state index in [4.69, 9.17) is 5.11 Å². The zero-order chi connectivity index (χ0) is 17.8. The van der Waals surface area contributed by atoms with E-state index in [-0.39, 0.29) is 18.7 Å². The third-order valence-corrected chi connectivity index (χ3v) is 5.61. The van der Waals surface area contributed by atoms with E-state index >= 15 is 0 Å². The molecule has 0 radical (unpaired) electrons. The topological polar surface area (TPSA) is 59.0 Å². The average Bonchev–Trinajstić information content (AvgIpc) is 2.58. The van der Waals surface area contributed by atoms with Gasteiger partial charge >= 0.3 is 6.03 Å². The van der Waals surface area contributed by atoms with Crippen LogP contribution in [0.4, 0.5) is 10.5 Å². The van der Waals surface area contributed by atoms with Gasteiger partial charge in [0.2, 0.25) is 0 Å². The largest absolute Gasteiger partial charge is 0.394 e. The number of piperazine rings is 1. The molecule has 1 atom stereocenters. The fraction of sp³-hybridized carbons (Fsp3) is 0.632. The number of rotatable bonds is 5. The first-order valence-electron chi connectivity index (χ1n) is 9.29. The first kappa shape index (κ1) is 18.0. The summed E-state index contributed by atoms with van der Waals surface area (Å²) in [7, 11) is 0. The van der Waals surface area contributed by atoms with Gasteiger partial charge in [-0.2, -0.15) is 0 Å². The van der Waals surface area contributed by atoms with E-state index in [9.17, 15) is 4.79 Å². The molecule has 2 fully saturated rings. The van der Waals surface area contributed by atoms with Gasteiger partial charge in [-0.25, -0.2) is 4.79 Å². The second-order valence-electron chi connectivity index (χ2n) is 7.10. The van der Waals surface area contributed by atoms with Crippen LogP contribution in [-0.4, -0.2) is 79.4 Å². The van der Waals surface area contributed by atoms with Gasteiger partial charge in [0.25, 0.3) is 0 Å². The van der Waals surface area contributed by atoms with Crippen LogP contribution in [0.15, 0.2) is 18.2 Å². The van der Waals surface area contributed by atoms with E-state index in [1.807, 2.05) is 0 Å². The monoisotopic (exact) mass is 346 g/mol. The molecule has 3 rings (SSSR count). The van der Waals surface area contributed by atoms with Crippen LogP contribution >= 0.6 is 0 Å². The Balaban J connectivity index is 1.39. The van der Waals surface area contributed by atoms with Gasteiger partial charge < -0.3 is 20.2 Å². The molecule has 2 aliphatic rings. The zero-order valence-electron chi connectivity index (χ0n) is 15.4. The standard InChI is InChI=1S/C19H30N4O2/c1-15-4-3-5-18(16(15)2)22-12-10-21(11-13-22)9-7-20-19(25)23-8-6-17(23)14-24/h3-5,17,24H,6-14H2,1-2H3,(H,20,25). The van der Waals surface area contributed by atoms with E-state index in [1.54, 1.807) is 4.90 Å². The molecule has 0 bridgehead atoms. The SMILES string of the molecule is Cc1cccc(N2CCN(CCNC(=O)N3CCC3CO)CC2)c1C. The lowest BCUT2D eigenvalue weighted by atomic mass is 10.1. The van der Waals surface area contributed by atoms with Crippen molar-refractivity contribution in [2.24, 2.45) is 0 Å². The van der Waals surface area contributed by atoms with Gasteiger partial charge in [-0.15, -0.1) is 0 Å². The Morgan fingerprint density at radius 1 is 1.20 bits per heavy atom. The van der Waals surface area contributed by atoms with Crippen LogP contribution in [0.5, 0.6) is 0 Å². The van der Waals surface area contributed by atoms with E-state index in [0.29, 0.717) is 6.54 Å². The van der Waals surface area contributed by atoms with Crippen molar-refractivity contribution in [1.29, 1.82) is 0 Å². The maximum absolute atomic E-state index is 12.0. The molecule has 1 aromatic rings. The molecular weight excluding hydrogens is 316 g/mol. The first-order valence-corrected chi connectivity index (χ1v) is 9.29. The Labute approximate surface area is 150 Å². The summed E-state index contributed by atoms with van der Waals surface area (Å²) >= 11 is 0. The molecule has 2 heterocycles. The number of anilines is 1. The van der Waals surface area contributed by atoms with Crippen molar-refractivity contribution in [3.63, 3.8) is 0 Å². The lowest BCUT2D eigenvalue weighted by Crippen LogP contribution is -2.57. The summed E-state index contributed by atoms with van der Waals surface area (Å²) in [4.78, 5) is 18.6. The lowest BCUT2D eigenvalue weighted by molar-refractivity contribution is 0.0699. The highest BCUT2D eigenvalue weighted by atomic mass is 16.3. The minimum Gasteiger partial charge on any atom is -0.394 e. The van der Waals surface area contributed by atoms with Gasteiger partial charge in [0.1, 0.15) is 0 Å². The van der Waals surface area contributed by atoms with Gasteiger partial charge in [0.15, 0.2) is 0 Å². The molecule has 2 saturated heterocycles. The first-order chi connectivity index (χ1) is 12.1. The highest BCUT2D eigenvalue weighted by Crippen LogP contribution is 2.23. The number of urea groups is 1. The average molecular weight is 346 g/mol. The molecule has 138 valence electrons. The van der Waals surface area contributed by atoms with Gasteiger partial charge in [0, 0.05) is 51.5 Å². The van der Waals surface area contributed by atoms with Crippen LogP contribution in [0.25, 0.3) is 0 Å². The number of aliphatic hydroxyl groups is 1. The fourth-order valence-corrected chi connectivity index (χ4v) is 3.61. The summed E-state index contributed by atoms with van der Waals surface area (Å²) in [5.41, 5.74) is 4.06. The molecule has 1 unspecified atom stereocenters. The molecule has 0 aromatic heterocycles. The highest BCUT2D eigenvalue weighted by Gasteiger charge is 2.31. The maximum Gasteiger partial charge on any atom is 0.317 e. The zero-order valence-corrected chi connectivity index (χ0v) is 15.4. The van der Waals surface area contributed by atoms with Gasteiger partial charge in [-0.05, 0) is 37.5 Å². The quantitative estimate of drug-likeness (QED) is 0.841. The Bertz CT molecular complexity index is 597. The Morgan fingerprint density at radius 2 is 1.96 bits per heavy atom. The predicted molar refractivity (Wildman–Crippen MR) is 100 cm³/mol. The van der Waals surface area contributed by atoms with Gasteiger partial charge in [-0.3, -0.25) is 4.90 Å². The molecular formula is C19H30N4O2. The second-order valence-corrected chi connectivity index (χ2v) is 7.10. The van der Waals surface area contributed by atoms with Crippen LogP contribution in [0.1, 0.15) is 17.5 Å². The van der Waals surface area contributed by atoms with Crippen LogP contribution in [0.2, 0.25) is 0 Å². The van der Waals surface area contributed by atoms with Crippen molar-refractivity contribution < 1.29 is 9.90 Å². The number of amides is 2. The molecule has 25 heavy (non-hydrogen) atoms. The summed E-state index contributed by atoms with van der Waals surface area (Å²) in [6, 6.07) is 6.48. The van der Waals surface area contributed by atoms with E-state index in [1.165, 1.54) is 16.8 Å². The highest BCUT2D eigenvalue weighted by molar-refractivity contribution is 5.75. The Hall–Kier alpha value is -1.79. The number of benzene rings is 1. The van der Waals surface area contributed by atoms with Crippen LogP contribution in [0.3, 0.4) is 0 Å². The van der Waals surface area contributed by atoms with Crippen molar-refractivity contribution in [3.8, 4) is 0 Å². The number of aryl methyl sites for hydroxylation is 1. The summed E-state index contributed by atoms with van der Waals surface area (Å²) in [6.07, 6.45) is 0.907. The molecule has 2 aliphatic heterocycles. The molecule has 1 aromatic carbocycles. The smallest absolute Gasteiger partial charge is 0.317 e. The van der Waals surface area contributed by atoms with Crippen molar-refractivity contribution in [1.82, 2.24) is 15.1 Å². The number of likely N-dealkylation sites (tertiary alicyclic amines) is 1. The number of aliphatic hydroxyl groups excluding tert-OH is 1. The van der Waals surface area contributed by atoms with E-state index < -0.39 is 0 Å². The lowest BCUT2D eigenvalue weighted by Gasteiger charge is -2.40. The van der Waals surface area contributed by atoms with E-state index in [0.717, 1.165) is 45.7 Å². The number of hydrogen-bond donors (Lipinski definition) is 2. The maximum atomic E-state index is 12.0. The molecule has 0 spiro atoms. The number of carbonyl (C=O) groups is 1. The number of carbonyl (C=O) groups excluding carboxylic acids is 1. The molecule has 0 aliphatic carbocycles. The summed E-state index contributed by atoms with van der Waals surface area (Å²) in [5.74, 6) is 0. The summed E-state index contributed by atoms with van der Waals surface area (Å²) in [6.45, 7) is 10.8. The van der Waals surface area contributed by atoms with Crippen molar-refractivity contribution in [3.05, 3.63) is 29.3 Å². The molecule has 6 heteroatoms. The fourth-order valence-electron chi connectivity index (χ4n) is 3.61. The van der Waals surface area contributed by atoms with Crippen molar-refractivity contribution >= 4 is 11.7 Å². The molecule has 0 saturated carbocycles. The van der Waals surface area contributed by atoms with Crippen LogP contribution in [-0.2, 0) is 0 Å². The Kier molecular flexibility index (Phi) is 5.81. The van der Waals surface area contributed by atoms with Gasteiger partial charge in [-0.1, -0.05) is 12.1 Å². The third-order valence-electron chi connectivity index (χ3n) is 5.61. The minimum atomic E-state index is -0.0423. The molecule has 6 nitrogen and oxygen atoms in total. The number of nitrogens with one attached hydrogen (secondary N) is 1. The van der Waals surface area contributed by atoms with Crippen molar-refractivity contribution in [2.45, 2.75) is 26.3 Å². The Morgan fingerprint density at radius 3 is 2.60 bits per heavy atom. The minimum absolute atomic E-state index is 0.0149.